The number of nitrogens with zero attached hydrogens (tertiary/aromatic N) is 3. The Balaban J connectivity index is 1.77. The third kappa shape index (κ3) is 4.03. The summed E-state index contributed by atoms with van der Waals surface area (Å²) in [6.45, 7) is 0.375. The topological polar surface area (TPSA) is 46.1 Å². The van der Waals surface area contributed by atoms with Crippen LogP contribution in [0.5, 0.6) is 0 Å². The van der Waals surface area contributed by atoms with Crippen molar-refractivity contribution in [3.05, 3.63) is 87.6 Å². The van der Waals surface area contributed by atoms with Crippen LogP contribution >= 0.6 is 38.9 Å². The normalized spacial score (nSPS) is 10.9. The summed E-state index contributed by atoms with van der Waals surface area (Å²) in [6.07, 6.45) is 3.46. The molecule has 0 fully saturated rings. The molecule has 4 rings (SSSR count). The van der Waals surface area contributed by atoms with E-state index in [0.29, 0.717) is 22.3 Å². The van der Waals surface area contributed by atoms with E-state index in [0.717, 1.165) is 20.3 Å². The Morgan fingerprint density at radius 1 is 1.15 bits per heavy atom. The van der Waals surface area contributed by atoms with Gasteiger partial charge in [0.1, 0.15) is 0 Å². The minimum Gasteiger partial charge on any atom is -0.279 e. The molecule has 0 saturated heterocycles. The molecule has 0 N–H and O–H groups in total. The molecule has 4 aromatic rings. The first-order valence-electron chi connectivity index (χ1n) is 8.12. The third-order valence-electron chi connectivity index (χ3n) is 3.95. The van der Waals surface area contributed by atoms with Crippen molar-refractivity contribution in [1.82, 2.24) is 9.97 Å². The third-order valence-corrected chi connectivity index (χ3v) is 5.72. The average Bonchev–Trinajstić information content (AvgIpc) is 3.09. The minimum atomic E-state index is -0.153. The molecule has 0 spiro atoms. The number of rotatable bonds is 4. The molecule has 0 bridgehead atoms. The molecule has 0 aliphatic carbocycles. The number of fused-ring (bicyclic) bond motifs is 1. The summed E-state index contributed by atoms with van der Waals surface area (Å²) in [5.41, 5.74) is 2.30. The minimum absolute atomic E-state index is 0.153. The van der Waals surface area contributed by atoms with Crippen LogP contribution in [0.2, 0.25) is 5.02 Å². The molecular weight excluding hydrogens is 446 g/mol. The monoisotopic (exact) mass is 457 g/mol. The lowest BCUT2D eigenvalue weighted by molar-refractivity contribution is 0.0985. The molecule has 1 amide bonds. The summed E-state index contributed by atoms with van der Waals surface area (Å²) < 4.78 is 1.99. The van der Waals surface area contributed by atoms with Gasteiger partial charge < -0.3 is 0 Å². The van der Waals surface area contributed by atoms with Gasteiger partial charge >= 0.3 is 0 Å². The van der Waals surface area contributed by atoms with Crippen molar-refractivity contribution in [2.75, 3.05) is 4.90 Å². The number of aromatic nitrogens is 2. The van der Waals surface area contributed by atoms with Gasteiger partial charge in [0.15, 0.2) is 5.13 Å². The highest BCUT2D eigenvalue weighted by molar-refractivity contribution is 9.10. The van der Waals surface area contributed by atoms with Crippen molar-refractivity contribution in [1.29, 1.82) is 0 Å². The summed E-state index contributed by atoms with van der Waals surface area (Å²) >= 11 is 11.0. The van der Waals surface area contributed by atoms with E-state index in [1.54, 1.807) is 41.6 Å². The number of amides is 1. The zero-order valence-corrected chi connectivity index (χ0v) is 17.1. The van der Waals surface area contributed by atoms with E-state index in [4.69, 9.17) is 11.6 Å². The number of pyridine rings is 1. The molecule has 0 saturated carbocycles. The fraction of sp³-hybridized carbons (Fsp3) is 0.0500. The largest absolute Gasteiger partial charge is 0.279 e. The van der Waals surface area contributed by atoms with E-state index in [1.807, 2.05) is 30.3 Å². The number of carbonyl (C=O) groups is 1. The van der Waals surface area contributed by atoms with Crippen molar-refractivity contribution in [2.45, 2.75) is 6.54 Å². The number of hydrogen-bond acceptors (Lipinski definition) is 4. The summed E-state index contributed by atoms with van der Waals surface area (Å²) in [5, 5.41) is 1.16. The first-order valence-corrected chi connectivity index (χ1v) is 10.1. The Morgan fingerprint density at radius 3 is 2.81 bits per heavy atom. The lowest BCUT2D eigenvalue weighted by atomic mass is 10.2. The smallest absolute Gasteiger partial charge is 0.260 e. The van der Waals surface area contributed by atoms with Gasteiger partial charge in [-0.2, -0.15) is 0 Å². The van der Waals surface area contributed by atoms with Gasteiger partial charge in [0.2, 0.25) is 0 Å². The Bertz CT molecular complexity index is 1120. The van der Waals surface area contributed by atoms with Crippen molar-refractivity contribution in [3.8, 4) is 0 Å². The fourth-order valence-corrected chi connectivity index (χ4v) is 4.39. The lowest BCUT2D eigenvalue weighted by Gasteiger charge is -2.20. The van der Waals surface area contributed by atoms with Gasteiger partial charge in [0.25, 0.3) is 5.91 Å². The van der Waals surface area contributed by atoms with Gasteiger partial charge in [0, 0.05) is 27.5 Å². The van der Waals surface area contributed by atoms with E-state index in [-0.39, 0.29) is 5.91 Å². The SMILES string of the molecule is O=C(c1cccc(Cl)c1)N(Cc1cccnc1)c1nc2ccc(Br)cc2s1. The predicted octanol–water partition coefficient (Wildman–Crippen LogP) is 5.95. The van der Waals surface area contributed by atoms with Gasteiger partial charge in [-0.1, -0.05) is 51.0 Å². The van der Waals surface area contributed by atoms with Crippen LogP contribution in [0.3, 0.4) is 0 Å². The molecule has 2 aromatic heterocycles. The molecule has 2 heterocycles. The van der Waals surface area contributed by atoms with E-state index in [1.165, 1.54) is 11.3 Å². The van der Waals surface area contributed by atoms with Gasteiger partial charge in [0.05, 0.1) is 16.8 Å². The molecule has 0 aliphatic heterocycles. The maximum atomic E-state index is 13.2. The van der Waals surface area contributed by atoms with E-state index in [2.05, 4.69) is 25.9 Å². The van der Waals surface area contributed by atoms with Gasteiger partial charge in [-0.3, -0.25) is 14.7 Å². The standard InChI is InChI=1S/C20H13BrClN3OS/c21-15-6-7-17-18(10-15)27-20(24-17)25(12-13-3-2-8-23-11-13)19(26)14-4-1-5-16(22)9-14/h1-11H,12H2. The van der Waals surface area contributed by atoms with Crippen LogP contribution in [0.15, 0.2) is 71.5 Å². The van der Waals surface area contributed by atoms with E-state index >= 15 is 0 Å². The number of thiazole rings is 1. The number of hydrogen-bond donors (Lipinski definition) is 0. The van der Waals surface area contributed by atoms with Crippen LogP contribution < -0.4 is 4.90 Å². The predicted molar refractivity (Wildman–Crippen MR) is 114 cm³/mol. The molecule has 0 atom stereocenters. The quantitative estimate of drug-likeness (QED) is 0.379. The van der Waals surface area contributed by atoms with Crippen molar-refractivity contribution >= 4 is 60.1 Å². The average molecular weight is 459 g/mol. The number of anilines is 1. The van der Waals surface area contributed by atoms with Gasteiger partial charge in [-0.15, -0.1) is 0 Å². The molecular formula is C20H13BrClN3OS. The van der Waals surface area contributed by atoms with Crippen molar-refractivity contribution < 1.29 is 4.79 Å². The highest BCUT2D eigenvalue weighted by atomic mass is 79.9. The van der Waals surface area contributed by atoms with Crippen LogP contribution in [0, 0.1) is 0 Å². The van der Waals surface area contributed by atoms with Gasteiger partial charge in [-0.25, -0.2) is 4.98 Å². The maximum Gasteiger partial charge on any atom is 0.260 e. The van der Waals surface area contributed by atoms with Crippen LogP contribution in [0.25, 0.3) is 10.2 Å². The van der Waals surface area contributed by atoms with Gasteiger partial charge in [-0.05, 0) is 48.0 Å². The van der Waals surface area contributed by atoms with Crippen molar-refractivity contribution in [3.63, 3.8) is 0 Å². The molecule has 7 heteroatoms. The molecule has 2 aromatic carbocycles. The molecule has 0 aliphatic rings. The summed E-state index contributed by atoms with van der Waals surface area (Å²) in [6, 6.07) is 16.6. The second-order valence-electron chi connectivity index (χ2n) is 5.87. The Morgan fingerprint density at radius 2 is 2.04 bits per heavy atom. The molecule has 134 valence electrons. The Hall–Kier alpha value is -2.28. The summed E-state index contributed by atoms with van der Waals surface area (Å²) in [5.74, 6) is -0.153. The fourth-order valence-electron chi connectivity index (χ4n) is 2.68. The summed E-state index contributed by atoms with van der Waals surface area (Å²) in [4.78, 5) is 23.7. The molecule has 4 nitrogen and oxygen atoms in total. The Kier molecular flexibility index (Phi) is 5.20. The van der Waals surface area contributed by atoms with Crippen LogP contribution in [0.1, 0.15) is 15.9 Å². The Labute approximate surface area is 173 Å². The number of benzene rings is 2. The first kappa shape index (κ1) is 18.1. The van der Waals surface area contributed by atoms with E-state index in [9.17, 15) is 4.79 Å². The molecule has 0 radical (unpaired) electrons. The molecule has 0 unspecified atom stereocenters. The summed E-state index contributed by atoms with van der Waals surface area (Å²) in [7, 11) is 0. The zero-order chi connectivity index (χ0) is 18.8. The highest BCUT2D eigenvalue weighted by Gasteiger charge is 2.22. The van der Waals surface area contributed by atoms with E-state index < -0.39 is 0 Å². The second kappa shape index (κ2) is 7.76. The zero-order valence-electron chi connectivity index (χ0n) is 14.0. The van der Waals surface area contributed by atoms with Crippen molar-refractivity contribution in [2.24, 2.45) is 0 Å². The van der Waals surface area contributed by atoms with Crippen LogP contribution in [-0.2, 0) is 6.54 Å². The maximum absolute atomic E-state index is 13.2. The number of carbonyl (C=O) groups excluding carboxylic acids is 1. The first-order chi connectivity index (χ1) is 13.1. The highest BCUT2D eigenvalue weighted by Crippen LogP contribution is 2.32. The van der Waals surface area contributed by atoms with Crippen LogP contribution in [-0.4, -0.2) is 15.9 Å². The molecule has 27 heavy (non-hydrogen) atoms. The lowest BCUT2D eigenvalue weighted by Crippen LogP contribution is -2.30. The number of halogens is 2. The second-order valence-corrected chi connectivity index (χ2v) is 8.23. The van der Waals surface area contributed by atoms with Crippen LogP contribution in [0.4, 0.5) is 5.13 Å².